The summed E-state index contributed by atoms with van der Waals surface area (Å²) >= 11 is 0. The predicted octanol–water partition coefficient (Wildman–Crippen LogP) is 1.53. The molecule has 8 heteroatoms. The SMILES string of the molecule is CN(C)S(=O)(=O)/N=C(\Oc1ccccc1)N1CCC(CC=O)CC1. The van der Waals surface area contributed by atoms with Gasteiger partial charge in [0.15, 0.2) is 0 Å². The van der Waals surface area contributed by atoms with Gasteiger partial charge in [0.1, 0.15) is 12.0 Å². The molecular weight excluding hydrogens is 330 g/mol. The van der Waals surface area contributed by atoms with E-state index in [1.807, 2.05) is 23.1 Å². The molecule has 0 bridgehead atoms. The number of nitrogens with zero attached hydrogens (tertiary/aromatic N) is 3. The average molecular weight is 353 g/mol. The van der Waals surface area contributed by atoms with E-state index in [2.05, 4.69) is 4.40 Å². The van der Waals surface area contributed by atoms with E-state index in [0.29, 0.717) is 31.2 Å². The maximum absolute atomic E-state index is 12.1. The number of likely N-dealkylation sites (tertiary alicyclic amines) is 1. The summed E-state index contributed by atoms with van der Waals surface area (Å²) in [6, 6.07) is 9.03. The minimum atomic E-state index is -3.79. The van der Waals surface area contributed by atoms with Gasteiger partial charge in [-0.2, -0.15) is 12.7 Å². The van der Waals surface area contributed by atoms with Crippen molar-refractivity contribution in [3.8, 4) is 5.75 Å². The maximum Gasteiger partial charge on any atom is 0.326 e. The molecule has 0 amide bonds. The van der Waals surface area contributed by atoms with Crippen molar-refractivity contribution in [1.29, 1.82) is 0 Å². The van der Waals surface area contributed by atoms with Gasteiger partial charge in [0.25, 0.3) is 0 Å². The van der Waals surface area contributed by atoms with Crippen molar-refractivity contribution in [3.63, 3.8) is 0 Å². The Balaban J connectivity index is 2.20. The van der Waals surface area contributed by atoms with Gasteiger partial charge in [-0.1, -0.05) is 22.6 Å². The van der Waals surface area contributed by atoms with Gasteiger partial charge in [0.2, 0.25) is 0 Å². The number of amidine groups is 1. The third-order valence-corrected chi connectivity index (χ3v) is 5.23. The predicted molar refractivity (Wildman–Crippen MR) is 92.1 cm³/mol. The molecule has 0 aliphatic carbocycles. The Morgan fingerprint density at radius 3 is 2.46 bits per heavy atom. The molecule has 0 radical (unpaired) electrons. The highest BCUT2D eigenvalue weighted by Crippen LogP contribution is 2.21. The molecular formula is C16H23N3O4S. The molecule has 1 aliphatic rings. The Kier molecular flexibility index (Phi) is 6.33. The summed E-state index contributed by atoms with van der Waals surface area (Å²) in [6.07, 6.45) is 3.08. The zero-order chi connectivity index (χ0) is 17.6. The van der Waals surface area contributed by atoms with E-state index in [1.165, 1.54) is 14.1 Å². The normalized spacial score (nSPS) is 17.1. The van der Waals surface area contributed by atoms with Crippen LogP contribution in [0.2, 0.25) is 0 Å². The first-order valence-electron chi connectivity index (χ1n) is 7.86. The van der Waals surface area contributed by atoms with Crippen molar-refractivity contribution in [2.24, 2.45) is 10.3 Å². The second-order valence-electron chi connectivity index (χ2n) is 5.88. The maximum atomic E-state index is 12.1. The summed E-state index contributed by atoms with van der Waals surface area (Å²) in [6.45, 7) is 1.21. The molecule has 1 aliphatic heterocycles. The molecule has 0 spiro atoms. The van der Waals surface area contributed by atoms with E-state index in [-0.39, 0.29) is 6.02 Å². The lowest BCUT2D eigenvalue weighted by Crippen LogP contribution is -2.42. The second kappa shape index (κ2) is 8.25. The highest BCUT2D eigenvalue weighted by molar-refractivity contribution is 7.87. The number of carbonyl (C=O) groups excluding carboxylic acids is 1. The zero-order valence-corrected chi connectivity index (χ0v) is 14.8. The Hall–Kier alpha value is -1.93. The number of hydrogen-bond acceptors (Lipinski definition) is 4. The van der Waals surface area contributed by atoms with Gasteiger partial charge in [-0.05, 0) is 30.9 Å². The van der Waals surface area contributed by atoms with Crippen molar-refractivity contribution in [2.45, 2.75) is 19.3 Å². The average Bonchev–Trinajstić information content (AvgIpc) is 2.56. The van der Waals surface area contributed by atoms with Gasteiger partial charge in [-0.25, -0.2) is 0 Å². The van der Waals surface area contributed by atoms with Gasteiger partial charge in [0, 0.05) is 33.6 Å². The summed E-state index contributed by atoms with van der Waals surface area (Å²) in [5, 5.41) is 0. The molecule has 24 heavy (non-hydrogen) atoms. The van der Waals surface area contributed by atoms with Gasteiger partial charge in [-0.3, -0.25) is 0 Å². The van der Waals surface area contributed by atoms with Crippen LogP contribution in [0.15, 0.2) is 34.7 Å². The molecule has 0 unspecified atom stereocenters. The Labute approximate surface area is 143 Å². The molecule has 1 saturated heterocycles. The van der Waals surface area contributed by atoms with Crippen LogP contribution in [0.1, 0.15) is 19.3 Å². The number of benzene rings is 1. The van der Waals surface area contributed by atoms with E-state index < -0.39 is 10.2 Å². The van der Waals surface area contributed by atoms with Crippen LogP contribution in [0.25, 0.3) is 0 Å². The topological polar surface area (TPSA) is 79.3 Å². The van der Waals surface area contributed by atoms with Crippen LogP contribution in [0.4, 0.5) is 0 Å². The van der Waals surface area contributed by atoms with Crippen molar-refractivity contribution in [2.75, 3.05) is 27.2 Å². The number of rotatable bonds is 5. The summed E-state index contributed by atoms with van der Waals surface area (Å²) in [7, 11) is -0.940. The molecule has 1 aromatic rings. The van der Waals surface area contributed by atoms with E-state index >= 15 is 0 Å². The molecule has 2 rings (SSSR count). The van der Waals surface area contributed by atoms with Gasteiger partial charge < -0.3 is 14.4 Å². The fourth-order valence-electron chi connectivity index (χ4n) is 2.41. The van der Waals surface area contributed by atoms with Crippen molar-refractivity contribution in [3.05, 3.63) is 30.3 Å². The number of carbonyl (C=O) groups is 1. The third-order valence-electron chi connectivity index (χ3n) is 3.92. The summed E-state index contributed by atoms with van der Waals surface area (Å²) in [4.78, 5) is 12.5. The third kappa shape index (κ3) is 5.04. The smallest absolute Gasteiger partial charge is 0.326 e. The van der Waals surface area contributed by atoms with Crippen LogP contribution in [0.3, 0.4) is 0 Å². The van der Waals surface area contributed by atoms with E-state index in [1.54, 1.807) is 12.1 Å². The lowest BCUT2D eigenvalue weighted by molar-refractivity contribution is -0.108. The second-order valence-corrected chi connectivity index (χ2v) is 7.69. The Bertz CT molecular complexity index is 666. The minimum Gasteiger partial charge on any atom is -0.425 e. The molecule has 0 saturated carbocycles. The fraction of sp³-hybridized carbons (Fsp3) is 0.500. The largest absolute Gasteiger partial charge is 0.425 e. The van der Waals surface area contributed by atoms with Gasteiger partial charge in [0.05, 0.1) is 0 Å². The zero-order valence-electron chi connectivity index (χ0n) is 14.0. The van der Waals surface area contributed by atoms with Crippen LogP contribution >= 0.6 is 0 Å². The highest BCUT2D eigenvalue weighted by atomic mass is 32.2. The molecule has 7 nitrogen and oxygen atoms in total. The van der Waals surface area contributed by atoms with Crippen LogP contribution < -0.4 is 4.74 Å². The molecule has 1 heterocycles. The molecule has 132 valence electrons. The fourth-order valence-corrected chi connectivity index (χ4v) is 2.92. The first kappa shape index (κ1) is 18.4. The number of para-hydroxylation sites is 1. The summed E-state index contributed by atoms with van der Waals surface area (Å²) < 4.78 is 34.9. The number of ether oxygens (including phenoxy) is 1. The standard InChI is InChI=1S/C16H23N3O4S/c1-18(2)24(21,22)17-16(23-15-6-4-3-5-7-15)19-11-8-14(9-12-19)10-13-20/h3-7,13-14H,8-12H2,1-2H3/b17-16-. The van der Waals surface area contributed by atoms with Crippen molar-refractivity contribution >= 4 is 22.5 Å². The number of aldehydes is 1. The molecule has 0 N–H and O–H groups in total. The van der Waals surface area contributed by atoms with E-state index in [9.17, 15) is 13.2 Å². The molecule has 1 aromatic carbocycles. The summed E-state index contributed by atoms with van der Waals surface area (Å²) in [5.74, 6) is 0.863. The lowest BCUT2D eigenvalue weighted by Gasteiger charge is -2.32. The molecule has 0 atom stereocenters. The van der Waals surface area contributed by atoms with Crippen LogP contribution in [0, 0.1) is 5.92 Å². The van der Waals surface area contributed by atoms with Gasteiger partial charge >= 0.3 is 16.2 Å². The lowest BCUT2D eigenvalue weighted by atomic mass is 9.94. The molecule has 0 aromatic heterocycles. The van der Waals surface area contributed by atoms with E-state index in [4.69, 9.17) is 4.74 Å². The quantitative estimate of drug-likeness (QED) is 0.456. The Morgan fingerprint density at radius 1 is 1.29 bits per heavy atom. The minimum absolute atomic E-state index is 0.0689. The van der Waals surface area contributed by atoms with Crippen LogP contribution in [0.5, 0.6) is 5.75 Å². The Morgan fingerprint density at radius 2 is 1.92 bits per heavy atom. The van der Waals surface area contributed by atoms with Crippen LogP contribution in [-0.4, -0.2) is 57.1 Å². The number of piperidine rings is 1. The van der Waals surface area contributed by atoms with Crippen LogP contribution in [-0.2, 0) is 15.0 Å². The first-order valence-corrected chi connectivity index (χ1v) is 9.26. The number of hydrogen-bond donors (Lipinski definition) is 0. The first-order chi connectivity index (χ1) is 11.4. The monoisotopic (exact) mass is 353 g/mol. The van der Waals surface area contributed by atoms with Crippen molar-refractivity contribution in [1.82, 2.24) is 9.21 Å². The van der Waals surface area contributed by atoms with Crippen molar-refractivity contribution < 1.29 is 17.9 Å². The van der Waals surface area contributed by atoms with E-state index in [0.717, 1.165) is 23.4 Å². The highest BCUT2D eigenvalue weighted by Gasteiger charge is 2.25. The summed E-state index contributed by atoms with van der Waals surface area (Å²) in [5.41, 5.74) is 0. The van der Waals surface area contributed by atoms with Gasteiger partial charge in [-0.15, -0.1) is 0 Å². The molecule has 1 fully saturated rings.